The molecule has 204 valence electrons. The first kappa shape index (κ1) is 28.0. The Morgan fingerprint density at radius 1 is 1.10 bits per heavy atom. The summed E-state index contributed by atoms with van der Waals surface area (Å²) in [6, 6.07) is 13.6. The van der Waals surface area contributed by atoms with Gasteiger partial charge in [0.1, 0.15) is 12.3 Å². The largest absolute Gasteiger partial charge is 0.356 e. The monoisotopic (exact) mass is 548 g/mol. The molecule has 2 aromatic carbocycles. The molecule has 4 N–H and O–H groups in total. The van der Waals surface area contributed by atoms with Crippen LogP contribution in [0.1, 0.15) is 40.1 Å². The Hall–Kier alpha value is -4.05. The van der Waals surface area contributed by atoms with Crippen molar-refractivity contribution in [3.63, 3.8) is 0 Å². The van der Waals surface area contributed by atoms with Gasteiger partial charge in [-0.1, -0.05) is 42.5 Å². The maximum Gasteiger partial charge on any atom is 0.262 e. The summed E-state index contributed by atoms with van der Waals surface area (Å²) in [5.41, 5.74) is 1.69. The highest BCUT2D eigenvalue weighted by Crippen LogP contribution is 2.21. The smallest absolute Gasteiger partial charge is 0.262 e. The van der Waals surface area contributed by atoms with Crippen molar-refractivity contribution in [1.82, 2.24) is 21.3 Å². The molecule has 0 spiro atoms. The topological polar surface area (TPSA) is 133 Å². The second-order valence-corrected chi connectivity index (χ2v) is 10.6. The third-order valence-electron chi connectivity index (χ3n) is 6.87. The maximum absolute atomic E-state index is 13.3. The van der Waals surface area contributed by atoms with E-state index in [1.807, 2.05) is 60.8 Å². The molecule has 4 amide bonds. The molecule has 9 nitrogen and oxygen atoms in total. The van der Waals surface area contributed by atoms with Gasteiger partial charge in [-0.25, -0.2) is 0 Å². The summed E-state index contributed by atoms with van der Waals surface area (Å²) >= 11 is 1.29. The molecule has 1 unspecified atom stereocenters. The molecule has 0 saturated carbocycles. The third-order valence-corrected chi connectivity index (χ3v) is 7.88. The van der Waals surface area contributed by atoms with Gasteiger partial charge in [0.15, 0.2) is 0 Å². The fourth-order valence-electron chi connectivity index (χ4n) is 4.79. The van der Waals surface area contributed by atoms with Gasteiger partial charge in [-0.2, -0.15) is 0 Å². The number of carbonyl (C=O) groups is 5. The standard InChI is InChI=1S/C29H32N4O5S/c1-18-11-13-39-26(18)29(38)33-24(15-20-8-4-7-19-6-2-3-10-23(19)20)28(37)31-16-25(35)32-22(17-34)14-21-9-5-12-30-27(21)36/h2-4,6-8,10-11,13,17,21-22,24H,5,9,12,14-16H2,1H3,(H,30,36)(H,31,37)(H,32,35)(H,33,38)/t21-,22?,24-/m0/s1. The van der Waals surface area contributed by atoms with E-state index >= 15 is 0 Å². The van der Waals surface area contributed by atoms with Crippen molar-refractivity contribution in [2.75, 3.05) is 13.1 Å². The van der Waals surface area contributed by atoms with E-state index in [9.17, 15) is 24.0 Å². The number of fused-ring (bicyclic) bond motifs is 1. The zero-order valence-corrected chi connectivity index (χ0v) is 22.5. The van der Waals surface area contributed by atoms with Gasteiger partial charge in [-0.05, 0) is 59.5 Å². The fraction of sp³-hybridized carbons (Fsp3) is 0.345. The first-order chi connectivity index (χ1) is 18.9. The molecule has 1 aromatic heterocycles. The summed E-state index contributed by atoms with van der Waals surface area (Å²) in [6.45, 7) is 2.07. The van der Waals surface area contributed by atoms with Crippen molar-refractivity contribution in [1.29, 1.82) is 0 Å². The minimum atomic E-state index is -0.939. The Kier molecular flexibility index (Phi) is 9.43. The average Bonchev–Trinajstić information content (AvgIpc) is 3.38. The molecule has 1 aliphatic heterocycles. The number of aldehydes is 1. The minimum absolute atomic E-state index is 0.122. The van der Waals surface area contributed by atoms with E-state index in [1.54, 1.807) is 0 Å². The molecule has 1 aliphatic rings. The number of rotatable bonds is 11. The second-order valence-electron chi connectivity index (χ2n) is 9.69. The van der Waals surface area contributed by atoms with Crippen molar-refractivity contribution in [2.45, 2.75) is 44.7 Å². The highest BCUT2D eigenvalue weighted by atomic mass is 32.1. The van der Waals surface area contributed by atoms with Crippen LogP contribution in [0.5, 0.6) is 0 Å². The molecule has 3 atom stereocenters. The van der Waals surface area contributed by atoms with Crippen LogP contribution in [0.15, 0.2) is 53.9 Å². The van der Waals surface area contributed by atoms with Crippen molar-refractivity contribution in [3.05, 3.63) is 69.9 Å². The van der Waals surface area contributed by atoms with Gasteiger partial charge < -0.3 is 26.1 Å². The number of thiophene rings is 1. The van der Waals surface area contributed by atoms with Crippen molar-refractivity contribution >= 4 is 52.0 Å². The molecular formula is C29H32N4O5S. The summed E-state index contributed by atoms with van der Waals surface area (Å²) in [6.07, 6.45) is 2.50. The van der Waals surface area contributed by atoms with Crippen molar-refractivity contribution in [3.8, 4) is 0 Å². The average molecular weight is 549 g/mol. The third kappa shape index (κ3) is 7.29. The lowest BCUT2D eigenvalue weighted by molar-refractivity contribution is -0.129. The van der Waals surface area contributed by atoms with Gasteiger partial charge in [-0.15, -0.1) is 11.3 Å². The number of carbonyl (C=O) groups excluding carboxylic acids is 5. The predicted octanol–water partition coefficient (Wildman–Crippen LogP) is 2.27. The van der Waals surface area contributed by atoms with Gasteiger partial charge >= 0.3 is 0 Å². The van der Waals surface area contributed by atoms with Crippen LogP contribution in [0.25, 0.3) is 10.8 Å². The molecule has 1 fully saturated rings. The quantitative estimate of drug-likeness (QED) is 0.273. The summed E-state index contributed by atoms with van der Waals surface area (Å²) in [4.78, 5) is 62.9. The Balaban J connectivity index is 1.42. The van der Waals surface area contributed by atoms with Crippen LogP contribution in [-0.4, -0.2) is 55.1 Å². The lowest BCUT2D eigenvalue weighted by atomic mass is 9.92. The van der Waals surface area contributed by atoms with E-state index in [1.165, 1.54) is 11.3 Å². The molecule has 3 aromatic rings. The first-order valence-electron chi connectivity index (χ1n) is 13.0. The first-order valence-corrected chi connectivity index (χ1v) is 13.9. The number of amides is 4. The summed E-state index contributed by atoms with van der Waals surface area (Å²) < 4.78 is 0. The van der Waals surface area contributed by atoms with E-state index in [0.717, 1.165) is 28.3 Å². The summed E-state index contributed by atoms with van der Waals surface area (Å²) in [5, 5.41) is 14.6. The van der Waals surface area contributed by atoms with E-state index in [2.05, 4.69) is 21.3 Å². The molecule has 0 bridgehead atoms. The second kappa shape index (κ2) is 13.1. The van der Waals surface area contributed by atoms with Crippen molar-refractivity contribution < 1.29 is 24.0 Å². The molecule has 1 saturated heterocycles. The Morgan fingerprint density at radius 2 is 1.90 bits per heavy atom. The molecule has 0 aliphatic carbocycles. The molecular weight excluding hydrogens is 516 g/mol. The van der Waals surface area contributed by atoms with Crippen LogP contribution in [0, 0.1) is 12.8 Å². The molecule has 4 rings (SSSR count). The Morgan fingerprint density at radius 3 is 2.64 bits per heavy atom. The highest BCUT2D eigenvalue weighted by molar-refractivity contribution is 7.12. The van der Waals surface area contributed by atoms with Crippen LogP contribution in [0.3, 0.4) is 0 Å². The van der Waals surface area contributed by atoms with E-state index in [0.29, 0.717) is 24.1 Å². The minimum Gasteiger partial charge on any atom is -0.356 e. The normalized spacial score (nSPS) is 16.5. The van der Waals surface area contributed by atoms with Gasteiger partial charge in [0, 0.05) is 18.9 Å². The van der Waals surface area contributed by atoms with Crippen LogP contribution in [0.2, 0.25) is 0 Å². The van der Waals surface area contributed by atoms with Gasteiger partial charge in [-0.3, -0.25) is 19.2 Å². The number of aryl methyl sites for hydroxylation is 1. The SMILES string of the molecule is Cc1ccsc1C(=O)N[C@@H](Cc1cccc2ccccc12)C(=O)NCC(=O)NC(C=O)C[C@@H]1CCCNC1=O. The lowest BCUT2D eigenvalue weighted by Gasteiger charge is -2.24. The van der Waals surface area contributed by atoms with E-state index in [4.69, 9.17) is 0 Å². The number of nitrogens with one attached hydrogen (secondary N) is 4. The number of benzene rings is 2. The highest BCUT2D eigenvalue weighted by Gasteiger charge is 2.27. The van der Waals surface area contributed by atoms with E-state index in [-0.39, 0.29) is 37.1 Å². The number of piperidine rings is 1. The summed E-state index contributed by atoms with van der Waals surface area (Å²) in [7, 11) is 0. The van der Waals surface area contributed by atoms with Crippen LogP contribution < -0.4 is 21.3 Å². The maximum atomic E-state index is 13.3. The van der Waals surface area contributed by atoms with E-state index < -0.39 is 23.9 Å². The van der Waals surface area contributed by atoms with Crippen LogP contribution >= 0.6 is 11.3 Å². The molecule has 39 heavy (non-hydrogen) atoms. The predicted molar refractivity (Wildman–Crippen MR) is 149 cm³/mol. The van der Waals surface area contributed by atoms with Gasteiger partial charge in [0.25, 0.3) is 5.91 Å². The molecule has 0 radical (unpaired) electrons. The fourth-order valence-corrected chi connectivity index (χ4v) is 5.62. The number of hydrogen-bond donors (Lipinski definition) is 4. The molecule has 10 heteroatoms. The Bertz CT molecular complexity index is 1370. The zero-order valence-electron chi connectivity index (χ0n) is 21.7. The van der Waals surface area contributed by atoms with Gasteiger partial charge in [0.05, 0.1) is 17.5 Å². The number of hydrogen-bond acceptors (Lipinski definition) is 6. The van der Waals surface area contributed by atoms with Crippen LogP contribution in [-0.2, 0) is 25.6 Å². The lowest BCUT2D eigenvalue weighted by Crippen LogP contribution is -2.51. The van der Waals surface area contributed by atoms with Crippen LogP contribution in [0.4, 0.5) is 0 Å². The molecule has 2 heterocycles. The van der Waals surface area contributed by atoms with Crippen molar-refractivity contribution in [2.24, 2.45) is 5.92 Å². The Labute approximate surface area is 230 Å². The zero-order chi connectivity index (χ0) is 27.8. The summed E-state index contributed by atoms with van der Waals surface area (Å²) in [5.74, 6) is -1.90. The van der Waals surface area contributed by atoms with Gasteiger partial charge in [0.2, 0.25) is 17.7 Å².